The molecule has 1 aliphatic carbocycles. The van der Waals surface area contributed by atoms with Gasteiger partial charge >= 0.3 is 0 Å². The highest BCUT2D eigenvalue weighted by molar-refractivity contribution is 5.70. The number of benzene rings is 1. The summed E-state index contributed by atoms with van der Waals surface area (Å²) in [7, 11) is 3.77. The summed E-state index contributed by atoms with van der Waals surface area (Å²) in [6.45, 7) is 0.854. The molecule has 1 fully saturated rings. The number of rotatable bonds is 6. The lowest BCUT2D eigenvalue weighted by Crippen LogP contribution is -2.19. The second-order valence-corrected chi connectivity index (χ2v) is 5.39. The highest BCUT2D eigenvalue weighted by Gasteiger charge is 2.21. The lowest BCUT2D eigenvalue weighted by Gasteiger charge is -2.24. The van der Waals surface area contributed by atoms with Crippen molar-refractivity contribution in [3.63, 3.8) is 0 Å². The van der Waals surface area contributed by atoms with Crippen molar-refractivity contribution in [3.8, 4) is 5.75 Å². The van der Waals surface area contributed by atoms with Gasteiger partial charge < -0.3 is 15.0 Å². The molecule has 2 aromatic rings. The summed E-state index contributed by atoms with van der Waals surface area (Å²) in [5, 5.41) is 3.55. The fourth-order valence-corrected chi connectivity index (χ4v) is 2.46. The maximum atomic E-state index is 5.46. The van der Waals surface area contributed by atoms with Crippen LogP contribution in [0, 0.1) is 0 Å². The Morgan fingerprint density at radius 2 is 2.05 bits per heavy atom. The molecule has 21 heavy (non-hydrogen) atoms. The molecular formula is C17H21N3O. The van der Waals surface area contributed by atoms with Crippen molar-refractivity contribution in [2.75, 3.05) is 19.1 Å². The van der Waals surface area contributed by atoms with E-state index in [0.29, 0.717) is 6.04 Å². The van der Waals surface area contributed by atoms with Crippen molar-refractivity contribution in [1.82, 2.24) is 10.3 Å². The minimum Gasteiger partial charge on any atom is -0.495 e. The van der Waals surface area contributed by atoms with Crippen molar-refractivity contribution < 1.29 is 4.74 Å². The molecular weight excluding hydrogens is 262 g/mol. The number of hydrogen-bond donors (Lipinski definition) is 1. The average molecular weight is 283 g/mol. The fraction of sp³-hybridized carbons (Fsp3) is 0.353. The van der Waals surface area contributed by atoms with E-state index >= 15 is 0 Å². The zero-order valence-electron chi connectivity index (χ0n) is 12.5. The van der Waals surface area contributed by atoms with Gasteiger partial charge in [0.25, 0.3) is 0 Å². The van der Waals surface area contributed by atoms with E-state index in [4.69, 9.17) is 4.74 Å². The Labute approximate surface area is 125 Å². The van der Waals surface area contributed by atoms with E-state index in [1.807, 2.05) is 30.6 Å². The number of ether oxygens (including phenoxy) is 1. The molecule has 0 atom stereocenters. The van der Waals surface area contributed by atoms with Gasteiger partial charge in [0.05, 0.1) is 12.8 Å². The van der Waals surface area contributed by atoms with Crippen LogP contribution in [-0.4, -0.2) is 25.2 Å². The number of aromatic nitrogens is 1. The molecule has 1 aromatic carbocycles. The van der Waals surface area contributed by atoms with Crippen LogP contribution in [0.1, 0.15) is 18.4 Å². The lowest BCUT2D eigenvalue weighted by atomic mass is 10.2. The summed E-state index contributed by atoms with van der Waals surface area (Å²) in [5.74, 6) is 0.873. The predicted molar refractivity (Wildman–Crippen MR) is 85.2 cm³/mol. The van der Waals surface area contributed by atoms with Gasteiger partial charge in [0, 0.05) is 43.3 Å². The van der Waals surface area contributed by atoms with Gasteiger partial charge in [-0.1, -0.05) is 12.1 Å². The van der Waals surface area contributed by atoms with E-state index in [2.05, 4.69) is 34.4 Å². The molecule has 4 nitrogen and oxygen atoms in total. The molecule has 4 heteroatoms. The number of nitrogens with one attached hydrogen (secondary N) is 1. The Hall–Kier alpha value is -2.07. The summed E-state index contributed by atoms with van der Waals surface area (Å²) in [4.78, 5) is 6.42. The normalized spacial score (nSPS) is 14.0. The average Bonchev–Trinajstić information content (AvgIpc) is 3.37. The van der Waals surface area contributed by atoms with E-state index < -0.39 is 0 Å². The van der Waals surface area contributed by atoms with E-state index in [1.165, 1.54) is 18.4 Å². The standard InChI is InChI=1S/C17H21N3O/c1-20(16-5-3-4-6-17(16)21-2)15-9-10-18-11-13(15)12-19-14-7-8-14/h3-6,9-11,14,19H,7-8,12H2,1-2H3. The number of para-hydroxylation sites is 2. The van der Waals surface area contributed by atoms with E-state index in [-0.39, 0.29) is 0 Å². The zero-order valence-corrected chi connectivity index (χ0v) is 12.5. The van der Waals surface area contributed by atoms with E-state index in [9.17, 15) is 0 Å². The molecule has 1 N–H and O–H groups in total. The summed E-state index contributed by atoms with van der Waals surface area (Å²) in [5.41, 5.74) is 3.42. The highest BCUT2D eigenvalue weighted by Crippen LogP contribution is 2.33. The van der Waals surface area contributed by atoms with Crippen LogP contribution < -0.4 is 15.0 Å². The molecule has 0 amide bonds. The van der Waals surface area contributed by atoms with Crippen molar-refractivity contribution in [3.05, 3.63) is 48.3 Å². The number of methoxy groups -OCH3 is 1. The molecule has 0 radical (unpaired) electrons. The monoisotopic (exact) mass is 283 g/mol. The quantitative estimate of drug-likeness (QED) is 0.884. The first-order chi connectivity index (χ1) is 10.3. The molecule has 0 spiro atoms. The predicted octanol–water partition coefficient (Wildman–Crippen LogP) is 3.11. The third-order valence-corrected chi connectivity index (χ3v) is 3.84. The zero-order chi connectivity index (χ0) is 14.7. The maximum absolute atomic E-state index is 5.46. The van der Waals surface area contributed by atoms with Crippen LogP contribution in [0.3, 0.4) is 0 Å². The Balaban J connectivity index is 1.87. The van der Waals surface area contributed by atoms with Crippen molar-refractivity contribution >= 4 is 11.4 Å². The van der Waals surface area contributed by atoms with Gasteiger partial charge in [-0.25, -0.2) is 0 Å². The first kappa shape index (κ1) is 13.9. The Kier molecular flexibility index (Phi) is 4.06. The Bertz CT molecular complexity index is 610. The smallest absolute Gasteiger partial charge is 0.142 e. The highest BCUT2D eigenvalue weighted by atomic mass is 16.5. The second kappa shape index (κ2) is 6.14. The molecule has 110 valence electrons. The van der Waals surface area contributed by atoms with Gasteiger partial charge in [-0.3, -0.25) is 4.98 Å². The van der Waals surface area contributed by atoms with Crippen molar-refractivity contribution in [1.29, 1.82) is 0 Å². The molecule has 1 aliphatic rings. The van der Waals surface area contributed by atoms with Gasteiger partial charge in [-0.15, -0.1) is 0 Å². The largest absolute Gasteiger partial charge is 0.495 e. The number of anilines is 2. The molecule has 1 heterocycles. The summed E-state index contributed by atoms with van der Waals surface area (Å²) < 4.78 is 5.46. The summed E-state index contributed by atoms with van der Waals surface area (Å²) in [6.07, 6.45) is 6.36. The topological polar surface area (TPSA) is 37.4 Å². The first-order valence-corrected chi connectivity index (χ1v) is 7.32. The van der Waals surface area contributed by atoms with Gasteiger partial charge in [-0.05, 0) is 31.0 Å². The third-order valence-electron chi connectivity index (χ3n) is 3.84. The van der Waals surface area contributed by atoms with Crippen LogP contribution in [0.15, 0.2) is 42.7 Å². The number of hydrogen-bond acceptors (Lipinski definition) is 4. The van der Waals surface area contributed by atoms with Gasteiger partial charge in [0.1, 0.15) is 5.75 Å². The van der Waals surface area contributed by atoms with Crippen LogP contribution in [0.5, 0.6) is 5.75 Å². The van der Waals surface area contributed by atoms with Crippen molar-refractivity contribution in [2.45, 2.75) is 25.4 Å². The second-order valence-electron chi connectivity index (χ2n) is 5.39. The summed E-state index contributed by atoms with van der Waals surface area (Å²) >= 11 is 0. The van der Waals surface area contributed by atoms with Gasteiger partial charge in [-0.2, -0.15) is 0 Å². The molecule has 3 rings (SSSR count). The molecule has 1 aromatic heterocycles. The van der Waals surface area contributed by atoms with Crippen LogP contribution in [-0.2, 0) is 6.54 Å². The Morgan fingerprint density at radius 3 is 2.81 bits per heavy atom. The number of pyridine rings is 1. The molecule has 0 saturated heterocycles. The minimum absolute atomic E-state index is 0.689. The molecule has 0 unspecified atom stereocenters. The van der Waals surface area contributed by atoms with Crippen molar-refractivity contribution in [2.24, 2.45) is 0 Å². The van der Waals surface area contributed by atoms with Crippen LogP contribution in [0.2, 0.25) is 0 Å². The van der Waals surface area contributed by atoms with E-state index in [0.717, 1.165) is 23.7 Å². The fourth-order valence-electron chi connectivity index (χ4n) is 2.46. The van der Waals surface area contributed by atoms with Crippen LogP contribution >= 0.6 is 0 Å². The summed E-state index contributed by atoms with van der Waals surface area (Å²) in [6, 6.07) is 10.8. The minimum atomic E-state index is 0.689. The molecule has 0 bridgehead atoms. The SMILES string of the molecule is COc1ccccc1N(C)c1ccncc1CNC1CC1. The van der Waals surface area contributed by atoms with Crippen LogP contribution in [0.4, 0.5) is 11.4 Å². The first-order valence-electron chi connectivity index (χ1n) is 7.32. The van der Waals surface area contributed by atoms with Crippen LogP contribution in [0.25, 0.3) is 0 Å². The maximum Gasteiger partial charge on any atom is 0.142 e. The third kappa shape index (κ3) is 3.16. The number of nitrogens with zero attached hydrogens (tertiary/aromatic N) is 2. The molecule has 1 saturated carbocycles. The van der Waals surface area contributed by atoms with E-state index in [1.54, 1.807) is 7.11 Å². The lowest BCUT2D eigenvalue weighted by molar-refractivity contribution is 0.415. The van der Waals surface area contributed by atoms with Gasteiger partial charge in [0.15, 0.2) is 0 Å². The molecule has 0 aliphatic heterocycles. The van der Waals surface area contributed by atoms with Gasteiger partial charge in [0.2, 0.25) is 0 Å². The Morgan fingerprint density at radius 1 is 1.24 bits per heavy atom.